The average Bonchev–Trinajstić information content (AvgIpc) is 3.25. The first kappa shape index (κ1) is 18.9. The van der Waals surface area contributed by atoms with Gasteiger partial charge in [0.1, 0.15) is 17.9 Å². The highest BCUT2D eigenvalue weighted by Gasteiger charge is 2.40. The zero-order chi connectivity index (χ0) is 20.2. The van der Waals surface area contributed by atoms with Crippen molar-refractivity contribution >= 4 is 23.9 Å². The van der Waals surface area contributed by atoms with E-state index in [-0.39, 0.29) is 11.6 Å². The molecule has 2 aliphatic rings. The number of hydrogen-bond acceptors (Lipinski definition) is 4. The average molecular weight is 390 g/mol. The molecule has 4 rings (SSSR count). The van der Waals surface area contributed by atoms with Gasteiger partial charge in [0.15, 0.2) is 0 Å². The Morgan fingerprint density at radius 2 is 1.66 bits per heavy atom. The summed E-state index contributed by atoms with van der Waals surface area (Å²) in [6.45, 7) is 0.459. The minimum Gasteiger partial charge on any atom is -0.489 e. The quantitative estimate of drug-likeness (QED) is 0.624. The van der Waals surface area contributed by atoms with Gasteiger partial charge < -0.3 is 4.74 Å². The third-order valence-electron chi connectivity index (χ3n) is 5.26. The monoisotopic (exact) mass is 390 g/mol. The first-order valence-electron chi connectivity index (χ1n) is 9.79. The lowest BCUT2D eigenvalue weighted by molar-refractivity contribution is -0.131. The number of benzene rings is 2. The molecule has 1 aliphatic heterocycles. The molecule has 1 heterocycles. The zero-order valence-corrected chi connectivity index (χ0v) is 16.0. The highest BCUT2D eigenvalue weighted by atomic mass is 16.5. The van der Waals surface area contributed by atoms with Crippen molar-refractivity contribution in [2.24, 2.45) is 0 Å². The standard InChI is InChI=1S/C23H22N2O4/c26-21-20(22(27)25(23(28)24-21)18-8-4-5-9-18)14-16-10-12-19(13-11-16)29-15-17-6-2-1-3-7-17/h1-3,6-7,10-14,18H,4-5,8-9,15H2,(H,24,26,28)/b20-14+. The van der Waals surface area contributed by atoms with Gasteiger partial charge in [-0.3, -0.25) is 19.8 Å². The van der Waals surface area contributed by atoms with Crippen molar-refractivity contribution in [2.75, 3.05) is 0 Å². The van der Waals surface area contributed by atoms with Gasteiger partial charge >= 0.3 is 6.03 Å². The number of ether oxygens (including phenoxy) is 1. The van der Waals surface area contributed by atoms with Crippen molar-refractivity contribution < 1.29 is 19.1 Å². The van der Waals surface area contributed by atoms with Gasteiger partial charge in [-0.25, -0.2) is 4.79 Å². The molecule has 2 aromatic carbocycles. The Labute approximate surface area is 169 Å². The second-order valence-electron chi connectivity index (χ2n) is 7.27. The maximum atomic E-state index is 12.8. The maximum absolute atomic E-state index is 12.8. The van der Waals surface area contributed by atoms with Gasteiger partial charge in [0.2, 0.25) is 0 Å². The number of urea groups is 1. The number of carbonyl (C=O) groups is 3. The Balaban J connectivity index is 1.48. The van der Waals surface area contributed by atoms with Crippen molar-refractivity contribution in [3.63, 3.8) is 0 Å². The lowest BCUT2D eigenvalue weighted by atomic mass is 10.1. The molecule has 2 aromatic rings. The van der Waals surface area contributed by atoms with Crippen LogP contribution in [-0.2, 0) is 16.2 Å². The van der Waals surface area contributed by atoms with E-state index in [0.717, 1.165) is 31.2 Å². The van der Waals surface area contributed by atoms with E-state index in [1.54, 1.807) is 24.3 Å². The topological polar surface area (TPSA) is 75.7 Å². The van der Waals surface area contributed by atoms with Crippen LogP contribution < -0.4 is 10.1 Å². The number of nitrogens with one attached hydrogen (secondary N) is 1. The van der Waals surface area contributed by atoms with Crippen molar-refractivity contribution in [1.82, 2.24) is 10.2 Å². The van der Waals surface area contributed by atoms with Crippen LogP contribution in [0.25, 0.3) is 6.08 Å². The Morgan fingerprint density at radius 3 is 2.34 bits per heavy atom. The summed E-state index contributed by atoms with van der Waals surface area (Å²) in [7, 11) is 0. The summed E-state index contributed by atoms with van der Waals surface area (Å²) in [5.74, 6) is -0.480. The summed E-state index contributed by atoms with van der Waals surface area (Å²) >= 11 is 0. The fourth-order valence-corrected chi connectivity index (χ4v) is 3.73. The van der Waals surface area contributed by atoms with Gasteiger partial charge in [0.25, 0.3) is 11.8 Å². The Kier molecular flexibility index (Phi) is 5.42. The minimum absolute atomic E-state index is 0.0190. The lowest BCUT2D eigenvalue weighted by Crippen LogP contribution is -2.57. The van der Waals surface area contributed by atoms with Crippen molar-refractivity contribution in [3.8, 4) is 5.75 Å². The number of imide groups is 2. The van der Waals surface area contributed by atoms with Crippen LogP contribution in [0.4, 0.5) is 4.79 Å². The van der Waals surface area contributed by atoms with Crippen molar-refractivity contribution in [2.45, 2.75) is 38.3 Å². The molecule has 6 heteroatoms. The molecular weight excluding hydrogens is 368 g/mol. The number of amides is 4. The van der Waals surface area contributed by atoms with Gasteiger partial charge in [-0.05, 0) is 42.2 Å². The largest absolute Gasteiger partial charge is 0.489 e. The fourth-order valence-electron chi connectivity index (χ4n) is 3.73. The molecular formula is C23H22N2O4. The van der Waals surface area contributed by atoms with Crippen LogP contribution in [0, 0.1) is 0 Å². The molecule has 6 nitrogen and oxygen atoms in total. The highest BCUT2D eigenvalue weighted by molar-refractivity contribution is 6.31. The van der Waals surface area contributed by atoms with Crippen LogP contribution in [0.1, 0.15) is 36.8 Å². The number of carbonyl (C=O) groups excluding carboxylic acids is 3. The van der Waals surface area contributed by atoms with E-state index in [1.165, 1.54) is 11.0 Å². The molecule has 2 fully saturated rings. The van der Waals surface area contributed by atoms with E-state index < -0.39 is 17.8 Å². The summed E-state index contributed by atoms with van der Waals surface area (Å²) in [6, 6.07) is 16.2. The van der Waals surface area contributed by atoms with Crippen molar-refractivity contribution in [3.05, 3.63) is 71.3 Å². The molecule has 148 valence electrons. The van der Waals surface area contributed by atoms with Crippen molar-refractivity contribution in [1.29, 1.82) is 0 Å². The molecule has 0 radical (unpaired) electrons. The summed E-state index contributed by atoms with van der Waals surface area (Å²) in [6.07, 6.45) is 5.06. The normalized spacial score (nSPS) is 19.0. The lowest BCUT2D eigenvalue weighted by Gasteiger charge is -2.31. The Hall–Kier alpha value is -3.41. The van der Waals surface area contributed by atoms with Crippen LogP contribution in [-0.4, -0.2) is 28.8 Å². The molecule has 1 saturated heterocycles. The number of hydrogen-bond donors (Lipinski definition) is 1. The third-order valence-corrected chi connectivity index (χ3v) is 5.26. The Bertz CT molecular complexity index is 945. The van der Waals surface area contributed by atoms with Gasteiger partial charge in [-0.15, -0.1) is 0 Å². The third kappa shape index (κ3) is 4.21. The summed E-state index contributed by atoms with van der Waals surface area (Å²) in [5, 5.41) is 2.29. The highest BCUT2D eigenvalue weighted by Crippen LogP contribution is 2.27. The number of nitrogens with zero attached hydrogens (tertiary/aromatic N) is 1. The second-order valence-corrected chi connectivity index (χ2v) is 7.27. The first-order valence-corrected chi connectivity index (χ1v) is 9.79. The summed E-state index contributed by atoms with van der Waals surface area (Å²) in [4.78, 5) is 38.4. The summed E-state index contributed by atoms with van der Waals surface area (Å²) in [5.41, 5.74) is 1.74. The maximum Gasteiger partial charge on any atom is 0.331 e. The van der Waals surface area contributed by atoms with Crippen LogP contribution >= 0.6 is 0 Å². The smallest absolute Gasteiger partial charge is 0.331 e. The van der Waals surface area contributed by atoms with E-state index in [2.05, 4.69) is 5.32 Å². The zero-order valence-electron chi connectivity index (χ0n) is 16.0. The number of barbiturate groups is 1. The van der Waals surface area contributed by atoms with Crippen LogP contribution in [0.2, 0.25) is 0 Å². The predicted molar refractivity (Wildman–Crippen MR) is 108 cm³/mol. The second kappa shape index (κ2) is 8.31. The first-order chi connectivity index (χ1) is 14.1. The fraction of sp³-hybridized carbons (Fsp3) is 0.261. The molecule has 0 unspecified atom stereocenters. The molecule has 0 bridgehead atoms. The summed E-state index contributed by atoms with van der Waals surface area (Å²) < 4.78 is 5.76. The molecule has 1 N–H and O–H groups in total. The van der Waals surface area contributed by atoms with E-state index >= 15 is 0 Å². The van der Waals surface area contributed by atoms with E-state index in [0.29, 0.717) is 17.9 Å². The van der Waals surface area contributed by atoms with E-state index in [4.69, 9.17) is 4.74 Å². The minimum atomic E-state index is -0.654. The molecule has 1 saturated carbocycles. The van der Waals surface area contributed by atoms with Crippen LogP contribution in [0.5, 0.6) is 5.75 Å². The SMILES string of the molecule is O=C1NC(=O)N(C2CCCC2)C(=O)/C1=C/c1ccc(OCc2ccccc2)cc1. The van der Waals surface area contributed by atoms with Gasteiger partial charge in [0, 0.05) is 6.04 Å². The van der Waals surface area contributed by atoms with Gasteiger partial charge in [-0.1, -0.05) is 55.3 Å². The van der Waals surface area contributed by atoms with E-state index in [1.807, 2.05) is 30.3 Å². The molecule has 4 amide bonds. The molecule has 0 atom stereocenters. The van der Waals surface area contributed by atoms with E-state index in [9.17, 15) is 14.4 Å². The van der Waals surface area contributed by atoms with Crippen LogP contribution in [0.15, 0.2) is 60.2 Å². The van der Waals surface area contributed by atoms with Crippen LogP contribution in [0.3, 0.4) is 0 Å². The van der Waals surface area contributed by atoms with Gasteiger partial charge in [0.05, 0.1) is 0 Å². The molecule has 1 aliphatic carbocycles. The molecule has 0 spiro atoms. The Morgan fingerprint density at radius 1 is 0.966 bits per heavy atom. The number of rotatable bonds is 5. The molecule has 29 heavy (non-hydrogen) atoms. The predicted octanol–water partition coefficient (Wildman–Crippen LogP) is 3.67. The van der Waals surface area contributed by atoms with Gasteiger partial charge in [-0.2, -0.15) is 0 Å². The molecule has 0 aromatic heterocycles.